The Bertz CT molecular complexity index is 295. The van der Waals surface area contributed by atoms with E-state index in [1.807, 2.05) is 18.2 Å². The van der Waals surface area contributed by atoms with E-state index in [2.05, 4.69) is 47.8 Å². The molecule has 1 aromatic carbocycles. The lowest BCUT2D eigenvalue weighted by atomic mass is 10.2. The van der Waals surface area contributed by atoms with Crippen LogP contribution < -0.4 is 4.74 Å². The Kier molecular flexibility index (Phi) is 7.75. The Labute approximate surface area is 122 Å². The van der Waals surface area contributed by atoms with Gasteiger partial charge in [-0.15, -0.1) is 0 Å². The molecule has 0 aromatic heterocycles. The van der Waals surface area contributed by atoms with Gasteiger partial charge in [-0.05, 0) is 31.0 Å². The summed E-state index contributed by atoms with van der Waals surface area (Å²) in [5.41, 5.74) is 0. The average molecular weight is 415 g/mol. The van der Waals surface area contributed by atoms with Crippen molar-refractivity contribution in [1.29, 1.82) is 0 Å². The van der Waals surface area contributed by atoms with Crippen molar-refractivity contribution < 1.29 is 4.74 Å². The lowest BCUT2D eigenvalue weighted by Crippen LogP contribution is -1.97. The number of halogens is 3. The molecule has 0 unspecified atom stereocenters. The van der Waals surface area contributed by atoms with E-state index in [-0.39, 0.29) is 0 Å². The number of unbranched alkanes of at least 4 members (excludes halogenated alkanes) is 3. The van der Waals surface area contributed by atoms with Gasteiger partial charge in [-0.25, -0.2) is 0 Å². The highest BCUT2D eigenvalue weighted by molar-refractivity contribution is 9.11. The molecule has 0 bridgehead atoms. The summed E-state index contributed by atoms with van der Waals surface area (Å²) in [6.07, 6.45) is 4.89. The van der Waals surface area contributed by atoms with E-state index < -0.39 is 0 Å². The second-order valence-corrected chi connectivity index (χ2v) is 6.18. The molecule has 0 aliphatic carbocycles. The largest absolute Gasteiger partial charge is 0.494 e. The topological polar surface area (TPSA) is 9.23 Å². The second kappa shape index (κ2) is 8.54. The molecule has 0 heterocycles. The Hall–Kier alpha value is 0.460. The summed E-state index contributed by atoms with van der Waals surface area (Å²) in [5, 5.41) is 1.10. The van der Waals surface area contributed by atoms with E-state index in [0.717, 1.165) is 33.1 Å². The molecule has 16 heavy (non-hydrogen) atoms. The van der Waals surface area contributed by atoms with E-state index in [1.54, 1.807) is 0 Å². The smallest absolute Gasteiger partial charge is 0.121 e. The van der Waals surface area contributed by atoms with Crippen LogP contribution >= 0.6 is 47.8 Å². The van der Waals surface area contributed by atoms with Crippen molar-refractivity contribution in [2.75, 3.05) is 11.9 Å². The molecule has 0 atom stereocenters. The van der Waals surface area contributed by atoms with Crippen molar-refractivity contribution >= 4 is 47.8 Å². The summed E-state index contributed by atoms with van der Waals surface area (Å²) in [7, 11) is 0. The quantitative estimate of drug-likeness (QED) is 0.420. The molecule has 1 aromatic rings. The first-order valence-electron chi connectivity index (χ1n) is 5.37. The highest BCUT2D eigenvalue weighted by Gasteiger charge is 1.98. The van der Waals surface area contributed by atoms with Crippen LogP contribution in [0.3, 0.4) is 0 Å². The standard InChI is InChI=1S/C12H15Br3O/c13-5-3-1-2-4-6-16-12-8-10(14)7-11(15)9-12/h7-9H,1-6H2. The summed E-state index contributed by atoms with van der Waals surface area (Å²) < 4.78 is 7.75. The van der Waals surface area contributed by atoms with Crippen molar-refractivity contribution in [3.05, 3.63) is 27.1 Å². The Morgan fingerprint density at radius 1 is 0.875 bits per heavy atom. The van der Waals surface area contributed by atoms with Crippen molar-refractivity contribution in [3.8, 4) is 5.75 Å². The van der Waals surface area contributed by atoms with Crippen LogP contribution in [0.5, 0.6) is 5.75 Å². The number of benzene rings is 1. The molecule has 0 N–H and O–H groups in total. The Morgan fingerprint density at radius 2 is 1.50 bits per heavy atom. The summed E-state index contributed by atoms with van der Waals surface area (Å²) >= 11 is 10.3. The van der Waals surface area contributed by atoms with Crippen LogP contribution in [0.1, 0.15) is 25.7 Å². The normalized spacial score (nSPS) is 10.4. The number of hydrogen-bond acceptors (Lipinski definition) is 1. The molecule has 90 valence electrons. The lowest BCUT2D eigenvalue weighted by molar-refractivity contribution is 0.305. The van der Waals surface area contributed by atoms with E-state index in [1.165, 1.54) is 19.3 Å². The molecular weight excluding hydrogens is 400 g/mol. The van der Waals surface area contributed by atoms with E-state index in [0.29, 0.717) is 0 Å². The van der Waals surface area contributed by atoms with Crippen LogP contribution in [0.15, 0.2) is 27.1 Å². The molecule has 0 spiro atoms. The fourth-order valence-corrected chi connectivity index (χ4v) is 3.00. The monoisotopic (exact) mass is 412 g/mol. The van der Waals surface area contributed by atoms with Crippen LogP contribution in [0.2, 0.25) is 0 Å². The van der Waals surface area contributed by atoms with Crippen molar-refractivity contribution in [3.63, 3.8) is 0 Å². The third-order valence-corrected chi connectivity index (χ3v) is 3.61. The third-order valence-electron chi connectivity index (χ3n) is 2.13. The van der Waals surface area contributed by atoms with Gasteiger partial charge in [0.2, 0.25) is 0 Å². The summed E-state index contributed by atoms with van der Waals surface area (Å²) in [4.78, 5) is 0. The van der Waals surface area contributed by atoms with E-state index in [4.69, 9.17) is 4.74 Å². The minimum atomic E-state index is 0.797. The van der Waals surface area contributed by atoms with Gasteiger partial charge in [0.05, 0.1) is 6.61 Å². The van der Waals surface area contributed by atoms with Gasteiger partial charge in [-0.1, -0.05) is 60.6 Å². The molecule has 1 rings (SSSR count). The highest BCUT2D eigenvalue weighted by Crippen LogP contribution is 2.25. The zero-order chi connectivity index (χ0) is 11.8. The highest BCUT2D eigenvalue weighted by atomic mass is 79.9. The summed E-state index contributed by atoms with van der Waals surface area (Å²) in [6, 6.07) is 5.98. The SMILES string of the molecule is BrCCCCCCOc1cc(Br)cc(Br)c1. The van der Waals surface area contributed by atoms with Crippen molar-refractivity contribution in [2.24, 2.45) is 0 Å². The maximum absolute atomic E-state index is 5.68. The number of rotatable bonds is 7. The minimum Gasteiger partial charge on any atom is -0.494 e. The maximum atomic E-state index is 5.68. The van der Waals surface area contributed by atoms with Gasteiger partial charge in [-0.2, -0.15) is 0 Å². The zero-order valence-corrected chi connectivity index (χ0v) is 13.8. The van der Waals surface area contributed by atoms with Gasteiger partial charge in [0.15, 0.2) is 0 Å². The first-order valence-corrected chi connectivity index (χ1v) is 8.08. The predicted octanol–water partition coefficient (Wildman–Crippen LogP) is 5.55. The molecule has 0 aliphatic rings. The fraction of sp³-hybridized carbons (Fsp3) is 0.500. The first kappa shape index (κ1) is 14.5. The number of hydrogen-bond donors (Lipinski definition) is 0. The molecule has 0 fully saturated rings. The van der Waals surface area contributed by atoms with Gasteiger partial charge in [0, 0.05) is 14.3 Å². The molecular formula is C12H15Br3O. The molecule has 1 nitrogen and oxygen atoms in total. The number of ether oxygens (including phenoxy) is 1. The average Bonchev–Trinajstić information content (AvgIpc) is 2.22. The molecule has 4 heteroatoms. The molecule has 0 aliphatic heterocycles. The van der Waals surface area contributed by atoms with Crippen molar-refractivity contribution in [2.45, 2.75) is 25.7 Å². The van der Waals surface area contributed by atoms with Crippen LogP contribution in [-0.4, -0.2) is 11.9 Å². The van der Waals surface area contributed by atoms with Gasteiger partial charge >= 0.3 is 0 Å². The molecule has 0 saturated carbocycles. The van der Waals surface area contributed by atoms with Gasteiger partial charge in [0.1, 0.15) is 5.75 Å². The predicted molar refractivity (Wildman–Crippen MR) is 79.6 cm³/mol. The van der Waals surface area contributed by atoms with Crippen LogP contribution in [0.25, 0.3) is 0 Å². The molecule has 0 saturated heterocycles. The summed E-state index contributed by atoms with van der Waals surface area (Å²) in [5.74, 6) is 0.918. The van der Waals surface area contributed by atoms with Crippen molar-refractivity contribution in [1.82, 2.24) is 0 Å². The van der Waals surface area contributed by atoms with E-state index in [9.17, 15) is 0 Å². The Balaban J connectivity index is 2.21. The van der Waals surface area contributed by atoms with Crippen LogP contribution in [0, 0.1) is 0 Å². The molecule has 0 radical (unpaired) electrons. The van der Waals surface area contributed by atoms with Crippen LogP contribution in [0.4, 0.5) is 0 Å². The zero-order valence-electron chi connectivity index (χ0n) is 9.02. The number of alkyl halides is 1. The summed E-state index contributed by atoms with van der Waals surface area (Å²) in [6.45, 7) is 0.797. The first-order chi connectivity index (χ1) is 7.72. The van der Waals surface area contributed by atoms with Gasteiger partial charge in [-0.3, -0.25) is 0 Å². The third kappa shape index (κ3) is 6.26. The van der Waals surface area contributed by atoms with E-state index >= 15 is 0 Å². The van der Waals surface area contributed by atoms with Gasteiger partial charge < -0.3 is 4.74 Å². The van der Waals surface area contributed by atoms with Crippen LogP contribution in [-0.2, 0) is 0 Å². The molecule has 0 amide bonds. The second-order valence-electron chi connectivity index (χ2n) is 3.56. The lowest BCUT2D eigenvalue weighted by Gasteiger charge is -2.07. The fourth-order valence-electron chi connectivity index (χ4n) is 1.35. The maximum Gasteiger partial charge on any atom is 0.121 e. The Morgan fingerprint density at radius 3 is 2.12 bits per heavy atom. The van der Waals surface area contributed by atoms with Gasteiger partial charge in [0.25, 0.3) is 0 Å². The minimum absolute atomic E-state index is 0.797.